The third kappa shape index (κ3) is 2.91. The van der Waals surface area contributed by atoms with E-state index in [2.05, 4.69) is 11.1 Å². The molecule has 7 heteroatoms. The summed E-state index contributed by atoms with van der Waals surface area (Å²) in [5.74, 6) is 0. The number of nitro benzene ring substituents is 1. The molecule has 1 amide bonds. The third-order valence-corrected chi connectivity index (χ3v) is 4.96. The van der Waals surface area contributed by atoms with Gasteiger partial charge < -0.3 is 9.72 Å². The van der Waals surface area contributed by atoms with E-state index in [1.165, 1.54) is 17.7 Å². The van der Waals surface area contributed by atoms with Crippen LogP contribution in [-0.2, 0) is 11.2 Å². The first-order valence-electron chi connectivity index (χ1n) is 8.87. The van der Waals surface area contributed by atoms with Crippen LogP contribution in [0, 0.1) is 10.1 Å². The number of ether oxygens (including phenoxy) is 1. The Labute approximate surface area is 155 Å². The first kappa shape index (κ1) is 17.1. The molecule has 0 saturated heterocycles. The Bertz CT molecular complexity index is 1010. The number of hydrogen-bond donors (Lipinski definition) is 1. The van der Waals surface area contributed by atoms with Gasteiger partial charge in [0.25, 0.3) is 5.69 Å². The van der Waals surface area contributed by atoms with Crippen molar-refractivity contribution in [3.63, 3.8) is 0 Å². The van der Waals surface area contributed by atoms with Gasteiger partial charge in [-0.15, -0.1) is 0 Å². The largest absolute Gasteiger partial charge is 0.450 e. The normalized spacial score (nSPS) is 16.2. The maximum Gasteiger partial charge on any atom is 0.410 e. The van der Waals surface area contributed by atoms with Crippen molar-refractivity contribution >= 4 is 22.7 Å². The van der Waals surface area contributed by atoms with Crippen LogP contribution in [0.3, 0.4) is 0 Å². The number of H-pyrrole nitrogens is 1. The molecule has 0 radical (unpaired) electrons. The number of rotatable bonds is 3. The van der Waals surface area contributed by atoms with Gasteiger partial charge in [-0.1, -0.05) is 18.2 Å². The number of aromatic nitrogens is 1. The lowest BCUT2D eigenvalue weighted by atomic mass is 9.92. The fourth-order valence-electron chi connectivity index (χ4n) is 3.77. The van der Waals surface area contributed by atoms with E-state index in [4.69, 9.17) is 4.74 Å². The van der Waals surface area contributed by atoms with Crippen LogP contribution < -0.4 is 0 Å². The summed E-state index contributed by atoms with van der Waals surface area (Å²) in [7, 11) is 0. The van der Waals surface area contributed by atoms with Crippen LogP contribution >= 0.6 is 0 Å². The van der Waals surface area contributed by atoms with Gasteiger partial charge in [0.05, 0.1) is 11.5 Å². The lowest BCUT2D eigenvalue weighted by molar-refractivity contribution is -0.384. The molecule has 1 atom stereocenters. The molecular formula is C20H19N3O4. The Hall–Kier alpha value is -3.35. The van der Waals surface area contributed by atoms with E-state index in [1.54, 1.807) is 24.0 Å². The summed E-state index contributed by atoms with van der Waals surface area (Å²) in [6.45, 7) is 2.59. The van der Waals surface area contributed by atoms with Crippen molar-refractivity contribution in [2.75, 3.05) is 13.2 Å². The fourth-order valence-corrected chi connectivity index (χ4v) is 3.77. The molecule has 1 aliphatic heterocycles. The topological polar surface area (TPSA) is 88.5 Å². The number of carbonyl (C=O) groups excluding carboxylic acids is 1. The number of amides is 1. The molecule has 0 bridgehead atoms. The summed E-state index contributed by atoms with van der Waals surface area (Å²) < 4.78 is 5.25. The second-order valence-corrected chi connectivity index (χ2v) is 6.46. The van der Waals surface area contributed by atoms with Crippen molar-refractivity contribution < 1.29 is 14.5 Å². The Morgan fingerprint density at radius 3 is 2.70 bits per heavy atom. The number of nitro groups is 1. The van der Waals surface area contributed by atoms with E-state index in [0.29, 0.717) is 13.2 Å². The fraction of sp³-hybridized carbons (Fsp3) is 0.250. The predicted octanol–water partition coefficient (Wildman–Crippen LogP) is 4.18. The highest BCUT2D eigenvalue weighted by Gasteiger charge is 2.35. The minimum absolute atomic E-state index is 0.0223. The molecule has 138 valence electrons. The van der Waals surface area contributed by atoms with Crippen molar-refractivity contribution in [3.8, 4) is 0 Å². The van der Waals surface area contributed by atoms with E-state index in [9.17, 15) is 14.9 Å². The van der Waals surface area contributed by atoms with Gasteiger partial charge in [-0.25, -0.2) is 4.79 Å². The summed E-state index contributed by atoms with van der Waals surface area (Å²) in [5, 5.41) is 12.1. The van der Waals surface area contributed by atoms with Crippen molar-refractivity contribution in [1.82, 2.24) is 9.88 Å². The zero-order chi connectivity index (χ0) is 19.0. The third-order valence-electron chi connectivity index (χ3n) is 4.96. The molecule has 1 aromatic heterocycles. The van der Waals surface area contributed by atoms with Crippen LogP contribution in [0.2, 0.25) is 0 Å². The number of nitrogens with one attached hydrogen (secondary N) is 1. The van der Waals surface area contributed by atoms with Crippen LogP contribution in [0.25, 0.3) is 10.9 Å². The molecule has 1 unspecified atom stereocenters. The van der Waals surface area contributed by atoms with Gasteiger partial charge in [0.15, 0.2) is 0 Å². The number of benzene rings is 2. The smallest absolute Gasteiger partial charge is 0.410 e. The van der Waals surface area contributed by atoms with Crippen molar-refractivity contribution in [2.45, 2.75) is 19.4 Å². The number of carbonyl (C=O) groups is 1. The molecule has 0 aliphatic carbocycles. The van der Waals surface area contributed by atoms with Gasteiger partial charge in [0, 0.05) is 35.3 Å². The second kappa shape index (κ2) is 6.75. The van der Waals surface area contributed by atoms with E-state index in [-0.39, 0.29) is 17.8 Å². The molecular weight excluding hydrogens is 346 g/mol. The molecule has 1 N–H and O–H groups in total. The highest BCUT2D eigenvalue weighted by molar-refractivity contribution is 5.86. The molecule has 1 aliphatic rings. The Kier molecular flexibility index (Phi) is 4.27. The summed E-state index contributed by atoms with van der Waals surface area (Å²) in [5.41, 5.74) is 3.95. The van der Waals surface area contributed by atoms with Gasteiger partial charge in [0.2, 0.25) is 0 Å². The minimum atomic E-state index is -0.428. The van der Waals surface area contributed by atoms with Gasteiger partial charge in [-0.3, -0.25) is 15.0 Å². The molecule has 2 heterocycles. The van der Waals surface area contributed by atoms with E-state index in [1.807, 2.05) is 18.2 Å². The molecule has 4 rings (SSSR count). The summed E-state index contributed by atoms with van der Waals surface area (Å²) in [4.78, 5) is 28.2. The van der Waals surface area contributed by atoms with Crippen LogP contribution in [-0.4, -0.2) is 34.1 Å². The predicted molar refractivity (Wildman–Crippen MR) is 101 cm³/mol. The van der Waals surface area contributed by atoms with Gasteiger partial charge >= 0.3 is 6.09 Å². The zero-order valence-corrected chi connectivity index (χ0v) is 14.8. The molecule has 0 fully saturated rings. The molecule has 7 nitrogen and oxygen atoms in total. The highest BCUT2D eigenvalue weighted by atomic mass is 16.6. The second-order valence-electron chi connectivity index (χ2n) is 6.46. The Balaban J connectivity index is 1.84. The molecule has 0 saturated carbocycles. The van der Waals surface area contributed by atoms with E-state index >= 15 is 0 Å². The molecule has 0 spiro atoms. The number of aromatic amines is 1. The number of para-hydroxylation sites is 1. The average Bonchev–Trinajstić information content (AvgIpc) is 3.06. The number of fused-ring (bicyclic) bond motifs is 3. The van der Waals surface area contributed by atoms with Gasteiger partial charge in [-0.2, -0.15) is 0 Å². The van der Waals surface area contributed by atoms with E-state index < -0.39 is 4.92 Å². The molecule has 3 aromatic rings. The monoisotopic (exact) mass is 365 g/mol. The maximum atomic E-state index is 12.6. The van der Waals surface area contributed by atoms with Crippen LogP contribution in [0.15, 0.2) is 48.5 Å². The first-order chi connectivity index (χ1) is 13.1. The van der Waals surface area contributed by atoms with Crippen molar-refractivity contribution in [1.29, 1.82) is 0 Å². The first-order valence-corrected chi connectivity index (χ1v) is 8.87. The zero-order valence-electron chi connectivity index (χ0n) is 14.8. The van der Waals surface area contributed by atoms with Crippen LogP contribution in [0.5, 0.6) is 0 Å². The summed E-state index contributed by atoms with van der Waals surface area (Å²) in [6.07, 6.45) is 0.340. The number of hydrogen-bond acceptors (Lipinski definition) is 4. The number of nitrogens with zero attached hydrogens (tertiary/aromatic N) is 2. The number of non-ortho nitro benzene ring substituents is 1. The SMILES string of the molecule is CCOC(=O)N1CCc2c([nH]c3ccccc23)C1c1ccc([N+](=O)[O-])cc1. The lowest BCUT2D eigenvalue weighted by Gasteiger charge is -2.35. The molecule has 2 aromatic carbocycles. The Morgan fingerprint density at radius 1 is 1.26 bits per heavy atom. The van der Waals surface area contributed by atoms with Crippen LogP contribution in [0.1, 0.15) is 29.8 Å². The van der Waals surface area contributed by atoms with Crippen molar-refractivity contribution in [2.24, 2.45) is 0 Å². The standard InChI is InChI=1S/C20H19N3O4/c1-2-27-20(24)22-12-11-16-15-5-3-4-6-17(15)21-18(16)19(22)13-7-9-14(10-8-13)23(25)26/h3-10,19,21H,2,11-12H2,1H3. The average molecular weight is 365 g/mol. The van der Waals surface area contributed by atoms with Crippen LogP contribution in [0.4, 0.5) is 10.5 Å². The molecule has 27 heavy (non-hydrogen) atoms. The maximum absolute atomic E-state index is 12.6. The summed E-state index contributed by atoms with van der Waals surface area (Å²) in [6, 6.07) is 14.0. The quantitative estimate of drug-likeness (QED) is 0.557. The van der Waals surface area contributed by atoms with Gasteiger partial charge in [-0.05, 0) is 42.7 Å². The Morgan fingerprint density at radius 2 is 2.00 bits per heavy atom. The minimum Gasteiger partial charge on any atom is -0.450 e. The lowest BCUT2D eigenvalue weighted by Crippen LogP contribution is -2.40. The van der Waals surface area contributed by atoms with Gasteiger partial charge in [0.1, 0.15) is 6.04 Å². The summed E-state index contributed by atoms with van der Waals surface area (Å²) >= 11 is 0. The van der Waals surface area contributed by atoms with E-state index in [0.717, 1.165) is 28.6 Å². The van der Waals surface area contributed by atoms with Crippen molar-refractivity contribution in [3.05, 3.63) is 75.5 Å². The highest BCUT2D eigenvalue weighted by Crippen LogP contribution is 2.39.